The van der Waals surface area contributed by atoms with Crippen molar-refractivity contribution in [2.24, 2.45) is 5.92 Å². The number of nitrogens with one attached hydrogen (secondary N) is 1. The van der Waals surface area contributed by atoms with Gasteiger partial charge in [0, 0.05) is 19.6 Å². The number of hydrogen-bond acceptors (Lipinski definition) is 3. The summed E-state index contributed by atoms with van der Waals surface area (Å²) >= 11 is 0. The van der Waals surface area contributed by atoms with E-state index in [2.05, 4.69) is 34.5 Å². The lowest BCUT2D eigenvalue weighted by atomic mass is 9.91. The number of alkyl carbamates (subject to hydrolysis) is 1. The second-order valence-electron chi connectivity index (χ2n) is 8.03. The molecule has 1 heterocycles. The number of rotatable bonds is 3. The van der Waals surface area contributed by atoms with Gasteiger partial charge in [0.25, 0.3) is 0 Å². The standard InChI is InChI=1S/C19H28N2O2/c1-18(2,3)23-17(22)20-19-11-7-10-16(19)13-21(14-19)12-15-8-5-4-6-9-15/h4-6,8-9,16H,7,10-14H2,1-3H3,(H,20,22). The van der Waals surface area contributed by atoms with Crippen LogP contribution in [-0.2, 0) is 11.3 Å². The van der Waals surface area contributed by atoms with Gasteiger partial charge in [0.2, 0.25) is 0 Å². The van der Waals surface area contributed by atoms with E-state index in [4.69, 9.17) is 4.74 Å². The van der Waals surface area contributed by atoms with Crippen LogP contribution in [0, 0.1) is 5.92 Å². The number of carbonyl (C=O) groups is 1. The van der Waals surface area contributed by atoms with Crippen LogP contribution in [0.2, 0.25) is 0 Å². The van der Waals surface area contributed by atoms with Crippen molar-refractivity contribution in [3.8, 4) is 0 Å². The number of amides is 1. The van der Waals surface area contributed by atoms with E-state index in [0.717, 1.165) is 26.1 Å². The summed E-state index contributed by atoms with van der Waals surface area (Å²) in [5, 5.41) is 3.22. The Morgan fingerprint density at radius 1 is 1.35 bits per heavy atom. The number of ether oxygens (including phenoxy) is 1. The van der Waals surface area contributed by atoms with Gasteiger partial charge in [-0.15, -0.1) is 0 Å². The SMILES string of the molecule is CC(C)(C)OC(=O)NC12CCCC1CN(Cc1ccccc1)C2. The molecule has 2 atom stereocenters. The average Bonchev–Trinajstić information content (AvgIpc) is 2.93. The van der Waals surface area contributed by atoms with Crippen LogP contribution < -0.4 is 5.32 Å². The van der Waals surface area contributed by atoms with Gasteiger partial charge in [0.15, 0.2) is 0 Å². The molecule has 4 heteroatoms. The maximum atomic E-state index is 12.3. The molecule has 1 aliphatic carbocycles. The first-order valence-electron chi connectivity index (χ1n) is 8.64. The largest absolute Gasteiger partial charge is 0.444 e. The zero-order valence-corrected chi connectivity index (χ0v) is 14.5. The molecule has 1 saturated carbocycles. The second-order valence-corrected chi connectivity index (χ2v) is 8.03. The Hall–Kier alpha value is -1.55. The van der Waals surface area contributed by atoms with Crippen LogP contribution in [-0.4, -0.2) is 35.2 Å². The molecular weight excluding hydrogens is 288 g/mol. The first-order chi connectivity index (χ1) is 10.9. The molecule has 1 aromatic carbocycles. The third-order valence-corrected chi connectivity index (χ3v) is 4.94. The molecule has 126 valence electrons. The van der Waals surface area contributed by atoms with Gasteiger partial charge in [0.05, 0.1) is 5.54 Å². The van der Waals surface area contributed by atoms with Crippen molar-refractivity contribution in [1.29, 1.82) is 0 Å². The maximum absolute atomic E-state index is 12.3. The lowest BCUT2D eigenvalue weighted by Crippen LogP contribution is -2.53. The monoisotopic (exact) mass is 316 g/mol. The van der Waals surface area contributed by atoms with Gasteiger partial charge >= 0.3 is 6.09 Å². The molecule has 1 saturated heterocycles. The Kier molecular flexibility index (Phi) is 4.37. The summed E-state index contributed by atoms with van der Waals surface area (Å²) in [5.74, 6) is 0.540. The lowest BCUT2D eigenvalue weighted by Gasteiger charge is -2.32. The molecule has 23 heavy (non-hydrogen) atoms. The zero-order valence-electron chi connectivity index (χ0n) is 14.5. The van der Waals surface area contributed by atoms with E-state index in [1.165, 1.54) is 18.4 Å². The van der Waals surface area contributed by atoms with Crippen molar-refractivity contribution in [2.75, 3.05) is 13.1 Å². The summed E-state index contributed by atoms with van der Waals surface area (Å²) in [6.45, 7) is 8.66. The summed E-state index contributed by atoms with van der Waals surface area (Å²) in [5.41, 5.74) is 0.786. The number of fused-ring (bicyclic) bond motifs is 1. The predicted octanol–water partition coefficient (Wildman–Crippen LogP) is 3.57. The van der Waals surface area contributed by atoms with Gasteiger partial charge in [-0.1, -0.05) is 36.8 Å². The molecule has 2 aliphatic rings. The van der Waals surface area contributed by atoms with Gasteiger partial charge in [-0.05, 0) is 45.1 Å². The fourth-order valence-corrected chi connectivity index (χ4v) is 4.07. The normalized spacial score (nSPS) is 27.7. The molecule has 2 unspecified atom stereocenters. The van der Waals surface area contributed by atoms with Crippen molar-refractivity contribution < 1.29 is 9.53 Å². The fourth-order valence-electron chi connectivity index (χ4n) is 4.07. The molecule has 2 fully saturated rings. The predicted molar refractivity (Wildman–Crippen MR) is 91.2 cm³/mol. The third-order valence-electron chi connectivity index (χ3n) is 4.94. The highest BCUT2D eigenvalue weighted by Crippen LogP contribution is 2.42. The molecule has 1 amide bonds. The van der Waals surface area contributed by atoms with E-state index in [-0.39, 0.29) is 11.6 Å². The molecule has 1 N–H and O–H groups in total. The van der Waals surface area contributed by atoms with E-state index in [1.54, 1.807) is 0 Å². The molecular formula is C19H28N2O2. The molecule has 0 aromatic heterocycles. The van der Waals surface area contributed by atoms with Crippen LogP contribution in [0.1, 0.15) is 45.6 Å². The smallest absolute Gasteiger partial charge is 0.408 e. The van der Waals surface area contributed by atoms with E-state index in [1.807, 2.05) is 26.8 Å². The number of likely N-dealkylation sites (tertiary alicyclic amines) is 1. The van der Waals surface area contributed by atoms with E-state index >= 15 is 0 Å². The number of benzene rings is 1. The van der Waals surface area contributed by atoms with Crippen LogP contribution in [0.5, 0.6) is 0 Å². The molecule has 4 nitrogen and oxygen atoms in total. The maximum Gasteiger partial charge on any atom is 0.408 e. The van der Waals surface area contributed by atoms with Crippen molar-refractivity contribution in [2.45, 2.75) is 57.7 Å². The minimum Gasteiger partial charge on any atom is -0.444 e. The van der Waals surface area contributed by atoms with Gasteiger partial charge in [-0.2, -0.15) is 0 Å². The van der Waals surface area contributed by atoms with Crippen LogP contribution in [0.25, 0.3) is 0 Å². The average molecular weight is 316 g/mol. The minimum atomic E-state index is -0.447. The summed E-state index contributed by atoms with van der Waals surface area (Å²) in [7, 11) is 0. The highest BCUT2D eigenvalue weighted by Gasteiger charge is 2.50. The summed E-state index contributed by atoms with van der Waals surface area (Å²) in [6, 6.07) is 10.6. The first kappa shape index (κ1) is 16.3. The number of carbonyl (C=O) groups excluding carboxylic acids is 1. The van der Waals surface area contributed by atoms with Gasteiger partial charge in [0.1, 0.15) is 5.60 Å². The molecule has 0 bridgehead atoms. The van der Waals surface area contributed by atoms with Crippen molar-refractivity contribution in [3.05, 3.63) is 35.9 Å². The first-order valence-corrected chi connectivity index (χ1v) is 8.64. The lowest BCUT2D eigenvalue weighted by molar-refractivity contribution is 0.0444. The Balaban J connectivity index is 1.65. The molecule has 1 aliphatic heterocycles. The number of nitrogens with zero attached hydrogens (tertiary/aromatic N) is 1. The summed E-state index contributed by atoms with van der Waals surface area (Å²) < 4.78 is 5.49. The van der Waals surface area contributed by atoms with Crippen molar-refractivity contribution in [3.63, 3.8) is 0 Å². The topological polar surface area (TPSA) is 41.6 Å². The third kappa shape index (κ3) is 3.86. The fraction of sp³-hybridized carbons (Fsp3) is 0.632. The quantitative estimate of drug-likeness (QED) is 0.927. The highest BCUT2D eigenvalue weighted by atomic mass is 16.6. The summed E-state index contributed by atoms with van der Waals surface area (Å²) in [4.78, 5) is 14.7. The van der Waals surface area contributed by atoms with Crippen molar-refractivity contribution >= 4 is 6.09 Å². The van der Waals surface area contributed by atoms with E-state index in [9.17, 15) is 4.79 Å². The van der Waals surface area contributed by atoms with E-state index < -0.39 is 5.60 Å². The highest BCUT2D eigenvalue weighted by molar-refractivity contribution is 5.69. The Bertz CT molecular complexity index is 552. The van der Waals surface area contributed by atoms with E-state index in [0.29, 0.717) is 5.92 Å². The molecule has 0 spiro atoms. The van der Waals surface area contributed by atoms with Crippen LogP contribution in [0.15, 0.2) is 30.3 Å². The van der Waals surface area contributed by atoms with Crippen molar-refractivity contribution in [1.82, 2.24) is 10.2 Å². The van der Waals surface area contributed by atoms with Gasteiger partial charge in [-0.25, -0.2) is 4.79 Å². The minimum absolute atomic E-state index is 0.100. The number of hydrogen-bond donors (Lipinski definition) is 1. The molecule has 3 rings (SSSR count). The molecule has 1 aromatic rings. The van der Waals surface area contributed by atoms with Crippen LogP contribution >= 0.6 is 0 Å². The van der Waals surface area contributed by atoms with Crippen LogP contribution in [0.3, 0.4) is 0 Å². The zero-order chi connectivity index (χ0) is 16.5. The Morgan fingerprint density at radius 2 is 2.09 bits per heavy atom. The Labute approximate surface area is 139 Å². The van der Waals surface area contributed by atoms with Crippen LogP contribution in [0.4, 0.5) is 4.79 Å². The second kappa shape index (κ2) is 6.16. The van der Waals surface area contributed by atoms with Gasteiger partial charge in [-0.3, -0.25) is 4.90 Å². The van der Waals surface area contributed by atoms with Gasteiger partial charge < -0.3 is 10.1 Å². The molecule has 0 radical (unpaired) electrons. The Morgan fingerprint density at radius 3 is 2.78 bits per heavy atom. The summed E-state index contributed by atoms with van der Waals surface area (Å²) in [6.07, 6.45) is 3.18.